The van der Waals surface area contributed by atoms with Crippen molar-refractivity contribution in [1.82, 2.24) is 0 Å². The summed E-state index contributed by atoms with van der Waals surface area (Å²) in [5, 5.41) is 9.72. The molecule has 1 fully saturated rings. The first kappa shape index (κ1) is 15.8. The van der Waals surface area contributed by atoms with E-state index < -0.39 is 6.10 Å². The third kappa shape index (κ3) is 3.45. The summed E-state index contributed by atoms with van der Waals surface area (Å²) < 4.78 is 5.38. The van der Waals surface area contributed by atoms with E-state index in [0.717, 1.165) is 19.3 Å². The molecular formula is C19H26O3. The number of carbonyl (C=O) groups is 1. The number of allylic oxidation sites excluding steroid dienone is 4. The fraction of sp³-hybridized carbons (Fsp3) is 0.684. The summed E-state index contributed by atoms with van der Waals surface area (Å²) in [6.07, 6.45) is 13.6. The van der Waals surface area contributed by atoms with Crippen LogP contribution in [0.2, 0.25) is 0 Å². The normalized spacial score (nSPS) is 41.6. The van der Waals surface area contributed by atoms with Crippen molar-refractivity contribution in [3.8, 4) is 0 Å². The van der Waals surface area contributed by atoms with Crippen LogP contribution < -0.4 is 0 Å². The Bertz CT molecular complexity index is 479. The highest BCUT2D eigenvalue weighted by molar-refractivity contribution is 5.70. The topological polar surface area (TPSA) is 46.5 Å². The zero-order valence-electron chi connectivity index (χ0n) is 13.5. The second-order valence-corrected chi connectivity index (χ2v) is 7.19. The van der Waals surface area contributed by atoms with E-state index in [2.05, 4.69) is 38.5 Å². The molecule has 0 aromatic rings. The lowest BCUT2D eigenvalue weighted by atomic mass is 9.66. The molecule has 2 aliphatic carbocycles. The molecule has 0 unspecified atom stereocenters. The van der Waals surface area contributed by atoms with E-state index in [1.54, 1.807) is 0 Å². The summed E-state index contributed by atoms with van der Waals surface area (Å²) >= 11 is 0. The number of hydrogen-bond acceptors (Lipinski definition) is 3. The first-order valence-corrected chi connectivity index (χ1v) is 8.53. The van der Waals surface area contributed by atoms with Crippen LogP contribution in [-0.4, -0.2) is 23.3 Å². The number of rotatable bonds is 3. The van der Waals surface area contributed by atoms with E-state index in [1.807, 2.05) is 0 Å². The molecule has 22 heavy (non-hydrogen) atoms. The largest absolute Gasteiger partial charge is 0.462 e. The molecule has 3 rings (SSSR count). The van der Waals surface area contributed by atoms with Gasteiger partial charge in [0.25, 0.3) is 0 Å². The lowest BCUT2D eigenvalue weighted by Crippen LogP contribution is -2.34. The molecule has 3 aliphatic rings. The summed E-state index contributed by atoms with van der Waals surface area (Å²) in [6, 6.07) is 0. The van der Waals surface area contributed by atoms with E-state index >= 15 is 0 Å². The average molecular weight is 302 g/mol. The van der Waals surface area contributed by atoms with Crippen LogP contribution in [0.3, 0.4) is 0 Å². The summed E-state index contributed by atoms with van der Waals surface area (Å²) in [5.41, 5.74) is 1.41. The van der Waals surface area contributed by atoms with Gasteiger partial charge in [0.2, 0.25) is 0 Å². The molecule has 1 N–H and O–H groups in total. The molecular weight excluding hydrogens is 276 g/mol. The molecule has 3 heteroatoms. The molecule has 0 spiro atoms. The highest BCUT2D eigenvalue weighted by atomic mass is 16.5. The van der Waals surface area contributed by atoms with Gasteiger partial charge in [-0.05, 0) is 54.9 Å². The van der Waals surface area contributed by atoms with Gasteiger partial charge in [-0.25, -0.2) is 0 Å². The SMILES string of the molecule is C[C@H]1C=C2C=C[C@H](C)[C@H](CC[C@@H]3C[C@@H](O)CC(=O)O3)[C@H]2[C]C1. The molecule has 120 valence electrons. The van der Waals surface area contributed by atoms with Crippen LogP contribution in [0, 0.1) is 30.1 Å². The molecule has 2 radical (unpaired) electrons. The van der Waals surface area contributed by atoms with Gasteiger partial charge in [-0.3, -0.25) is 4.79 Å². The Balaban J connectivity index is 1.63. The maximum absolute atomic E-state index is 11.4. The fourth-order valence-corrected chi connectivity index (χ4v) is 4.03. The van der Waals surface area contributed by atoms with Crippen LogP contribution in [0.5, 0.6) is 0 Å². The summed E-state index contributed by atoms with van der Waals surface area (Å²) in [4.78, 5) is 11.4. The molecule has 0 aromatic heterocycles. The lowest BCUT2D eigenvalue weighted by Gasteiger charge is -2.39. The average Bonchev–Trinajstić information content (AvgIpc) is 2.45. The highest BCUT2D eigenvalue weighted by Gasteiger charge is 2.35. The molecule has 3 nitrogen and oxygen atoms in total. The number of carbonyl (C=O) groups excluding carboxylic acids is 1. The fourth-order valence-electron chi connectivity index (χ4n) is 4.03. The first-order chi connectivity index (χ1) is 10.5. The van der Waals surface area contributed by atoms with Crippen molar-refractivity contribution < 1.29 is 14.6 Å². The number of cyclic esters (lactones) is 1. The Labute approximate surface area is 133 Å². The second kappa shape index (κ2) is 6.57. The van der Waals surface area contributed by atoms with Crippen LogP contribution in [-0.2, 0) is 9.53 Å². The molecule has 1 aliphatic heterocycles. The van der Waals surface area contributed by atoms with Crippen molar-refractivity contribution in [3.63, 3.8) is 0 Å². The van der Waals surface area contributed by atoms with Crippen molar-refractivity contribution >= 4 is 5.97 Å². The molecule has 0 saturated carbocycles. The predicted molar refractivity (Wildman–Crippen MR) is 84.7 cm³/mol. The van der Waals surface area contributed by atoms with Gasteiger partial charge in [-0.1, -0.05) is 32.1 Å². The van der Waals surface area contributed by atoms with Crippen LogP contribution >= 0.6 is 0 Å². The Morgan fingerprint density at radius 2 is 2.18 bits per heavy atom. The van der Waals surface area contributed by atoms with Crippen LogP contribution in [0.25, 0.3) is 0 Å². The molecule has 1 heterocycles. The molecule has 0 bridgehead atoms. The second-order valence-electron chi connectivity index (χ2n) is 7.19. The van der Waals surface area contributed by atoms with Crippen molar-refractivity contribution in [3.05, 3.63) is 30.2 Å². The number of aliphatic hydroxyl groups excluding tert-OH is 1. The Hall–Kier alpha value is -1.09. The van der Waals surface area contributed by atoms with Gasteiger partial charge in [0, 0.05) is 6.42 Å². The van der Waals surface area contributed by atoms with Gasteiger partial charge in [0.05, 0.1) is 12.5 Å². The van der Waals surface area contributed by atoms with Gasteiger partial charge >= 0.3 is 5.97 Å². The smallest absolute Gasteiger partial charge is 0.308 e. The summed E-state index contributed by atoms with van der Waals surface area (Å²) in [6.45, 7) is 4.50. The maximum atomic E-state index is 11.4. The zero-order chi connectivity index (χ0) is 15.7. The van der Waals surface area contributed by atoms with Crippen LogP contribution in [0.15, 0.2) is 23.8 Å². The van der Waals surface area contributed by atoms with E-state index in [9.17, 15) is 9.90 Å². The third-order valence-corrected chi connectivity index (χ3v) is 5.25. The monoisotopic (exact) mass is 302 g/mol. The maximum Gasteiger partial charge on any atom is 0.308 e. The third-order valence-electron chi connectivity index (χ3n) is 5.25. The molecule has 1 saturated heterocycles. The zero-order valence-corrected chi connectivity index (χ0v) is 13.5. The number of fused-ring (bicyclic) bond motifs is 1. The molecule has 0 aromatic carbocycles. The van der Waals surface area contributed by atoms with Crippen molar-refractivity contribution in [1.29, 1.82) is 0 Å². The lowest BCUT2D eigenvalue weighted by molar-refractivity contribution is -0.160. The number of hydrogen-bond donors (Lipinski definition) is 1. The van der Waals surface area contributed by atoms with E-state index in [1.165, 1.54) is 5.57 Å². The van der Waals surface area contributed by atoms with Gasteiger partial charge in [0.15, 0.2) is 0 Å². The van der Waals surface area contributed by atoms with Crippen molar-refractivity contribution in [2.45, 2.75) is 58.2 Å². The van der Waals surface area contributed by atoms with Gasteiger partial charge in [-0.15, -0.1) is 0 Å². The highest BCUT2D eigenvalue weighted by Crippen LogP contribution is 2.43. The standard InChI is InChI=1S/C19H26O3/c1-12-3-7-18-14(9-12)5-4-13(2)17(18)8-6-16-10-15(20)11-19(21)22-16/h4-5,9,12-13,15-18,20H,3,6,8,10-11H2,1-2H3/t12-,13+,15-,16-,17+,18+/m1/s1. The summed E-state index contributed by atoms with van der Waals surface area (Å²) in [5.74, 6) is 1.79. The van der Waals surface area contributed by atoms with Gasteiger partial charge in [0.1, 0.15) is 6.10 Å². The minimum absolute atomic E-state index is 0.121. The van der Waals surface area contributed by atoms with E-state index in [4.69, 9.17) is 4.74 Å². The summed E-state index contributed by atoms with van der Waals surface area (Å²) in [7, 11) is 0. The number of esters is 1. The van der Waals surface area contributed by atoms with Crippen LogP contribution in [0.1, 0.15) is 46.0 Å². The van der Waals surface area contributed by atoms with Crippen molar-refractivity contribution in [2.75, 3.05) is 0 Å². The molecule has 0 amide bonds. The Morgan fingerprint density at radius 1 is 1.36 bits per heavy atom. The quantitative estimate of drug-likeness (QED) is 0.814. The Kier molecular flexibility index (Phi) is 4.72. The first-order valence-electron chi connectivity index (χ1n) is 8.53. The van der Waals surface area contributed by atoms with Gasteiger partial charge in [-0.2, -0.15) is 0 Å². The minimum Gasteiger partial charge on any atom is -0.462 e. The van der Waals surface area contributed by atoms with E-state index in [0.29, 0.717) is 30.1 Å². The van der Waals surface area contributed by atoms with Crippen LogP contribution in [0.4, 0.5) is 0 Å². The minimum atomic E-state index is -0.529. The van der Waals surface area contributed by atoms with Gasteiger partial charge < -0.3 is 9.84 Å². The van der Waals surface area contributed by atoms with E-state index in [-0.39, 0.29) is 18.5 Å². The molecule has 6 atom stereocenters. The number of aliphatic hydroxyl groups is 1. The predicted octanol–water partition coefficient (Wildman–Crippen LogP) is 3.32. The van der Waals surface area contributed by atoms with Crippen molar-refractivity contribution in [2.24, 2.45) is 23.7 Å². The Morgan fingerprint density at radius 3 is 2.95 bits per heavy atom. The number of ether oxygens (including phenoxy) is 1.